The molecule has 1 aromatic carbocycles. The van der Waals surface area contributed by atoms with Crippen LogP contribution >= 0.6 is 0 Å². The molecule has 0 bridgehead atoms. The summed E-state index contributed by atoms with van der Waals surface area (Å²) in [5.41, 5.74) is 4.27. The Hall–Kier alpha value is -2.25. The van der Waals surface area contributed by atoms with Crippen LogP contribution in [-0.2, 0) is 24.2 Å². The molecule has 0 atom stereocenters. The monoisotopic (exact) mass is 425 g/mol. The first-order valence-electron chi connectivity index (χ1n) is 11.6. The van der Waals surface area contributed by atoms with Crippen LogP contribution in [0.1, 0.15) is 41.6 Å². The number of aryl methyl sites for hydroxylation is 1. The Kier molecular flexibility index (Phi) is 6.05. The van der Waals surface area contributed by atoms with Gasteiger partial charge in [0.05, 0.1) is 18.9 Å². The number of nitrogens with zero attached hydrogens (tertiary/aromatic N) is 5. The Morgan fingerprint density at radius 3 is 2.58 bits per heavy atom. The smallest absolute Gasteiger partial charge is 0.227 e. The largest absolute Gasteiger partial charge is 0.378 e. The van der Waals surface area contributed by atoms with Gasteiger partial charge >= 0.3 is 0 Å². The first kappa shape index (κ1) is 20.6. The molecule has 2 fully saturated rings. The van der Waals surface area contributed by atoms with Crippen molar-refractivity contribution in [3.8, 4) is 0 Å². The summed E-state index contributed by atoms with van der Waals surface area (Å²) >= 11 is 0. The van der Waals surface area contributed by atoms with E-state index in [4.69, 9.17) is 14.7 Å². The molecule has 0 unspecified atom stereocenters. The third kappa shape index (κ3) is 4.53. The molecule has 0 amide bonds. The fraction of sp³-hybridized carbons (Fsp3) is 0.583. The molecule has 3 aliphatic rings. The molecule has 4 heterocycles. The van der Waals surface area contributed by atoms with Crippen LogP contribution < -0.4 is 9.80 Å². The molecule has 31 heavy (non-hydrogen) atoms. The molecule has 0 N–H and O–H groups in total. The summed E-state index contributed by atoms with van der Waals surface area (Å²) in [5, 5.41) is 0. The van der Waals surface area contributed by atoms with E-state index < -0.39 is 0 Å². The SMILES string of the molecule is Cc1ccc(F)c(CN2CCc3nc(N4CCOCC4)nc(N4CCCCC4)c3C2)c1. The third-order valence-electron chi connectivity index (χ3n) is 6.65. The van der Waals surface area contributed by atoms with Crippen LogP contribution in [0.15, 0.2) is 18.2 Å². The Morgan fingerprint density at radius 2 is 1.77 bits per heavy atom. The highest BCUT2D eigenvalue weighted by Crippen LogP contribution is 2.31. The number of anilines is 2. The van der Waals surface area contributed by atoms with Gasteiger partial charge in [0.25, 0.3) is 0 Å². The highest BCUT2D eigenvalue weighted by molar-refractivity contribution is 5.54. The summed E-state index contributed by atoms with van der Waals surface area (Å²) in [6.07, 6.45) is 4.59. The van der Waals surface area contributed by atoms with Crippen LogP contribution in [-0.4, -0.2) is 60.8 Å². The molecule has 0 radical (unpaired) electrons. The summed E-state index contributed by atoms with van der Waals surface area (Å²) in [6.45, 7) is 9.56. The van der Waals surface area contributed by atoms with Crippen molar-refractivity contribution in [2.45, 2.75) is 45.7 Å². The summed E-state index contributed by atoms with van der Waals surface area (Å²) < 4.78 is 19.9. The predicted octanol–water partition coefficient (Wildman–Crippen LogP) is 3.31. The van der Waals surface area contributed by atoms with Gasteiger partial charge in [-0.2, -0.15) is 4.98 Å². The highest BCUT2D eigenvalue weighted by Gasteiger charge is 2.28. The molecule has 5 rings (SSSR count). The topological polar surface area (TPSA) is 44.7 Å². The van der Waals surface area contributed by atoms with E-state index in [2.05, 4.69) is 14.7 Å². The zero-order valence-electron chi connectivity index (χ0n) is 18.4. The molecule has 0 saturated carbocycles. The van der Waals surface area contributed by atoms with Gasteiger partial charge in [-0.3, -0.25) is 4.90 Å². The van der Waals surface area contributed by atoms with Gasteiger partial charge in [0.1, 0.15) is 11.6 Å². The summed E-state index contributed by atoms with van der Waals surface area (Å²) in [4.78, 5) is 17.1. The highest BCUT2D eigenvalue weighted by atomic mass is 19.1. The van der Waals surface area contributed by atoms with E-state index in [0.717, 1.165) is 87.5 Å². The van der Waals surface area contributed by atoms with E-state index >= 15 is 0 Å². The van der Waals surface area contributed by atoms with E-state index in [1.807, 2.05) is 19.1 Å². The molecular weight excluding hydrogens is 393 g/mol. The molecular formula is C24H32FN5O. The van der Waals surface area contributed by atoms with E-state index in [1.165, 1.54) is 24.8 Å². The molecule has 7 heteroatoms. The van der Waals surface area contributed by atoms with Crippen molar-refractivity contribution >= 4 is 11.8 Å². The van der Waals surface area contributed by atoms with Gasteiger partial charge in [-0.1, -0.05) is 17.7 Å². The van der Waals surface area contributed by atoms with Crippen LogP contribution in [0.5, 0.6) is 0 Å². The van der Waals surface area contributed by atoms with Gasteiger partial charge in [0, 0.05) is 63.4 Å². The second-order valence-corrected chi connectivity index (χ2v) is 8.98. The predicted molar refractivity (Wildman–Crippen MR) is 120 cm³/mol. The molecule has 2 aromatic rings. The Labute approximate surface area is 184 Å². The average molecular weight is 426 g/mol. The number of hydrogen-bond donors (Lipinski definition) is 0. The van der Waals surface area contributed by atoms with Crippen molar-refractivity contribution in [1.29, 1.82) is 0 Å². The van der Waals surface area contributed by atoms with Crippen LogP contribution in [0.25, 0.3) is 0 Å². The minimum absolute atomic E-state index is 0.119. The van der Waals surface area contributed by atoms with Crippen LogP contribution in [0.2, 0.25) is 0 Å². The van der Waals surface area contributed by atoms with E-state index in [0.29, 0.717) is 6.54 Å². The summed E-state index contributed by atoms with van der Waals surface area (Å²) in [6, 6.07) is 5.38. The number of ether oxygens (including phenoxy) is 1. The van der Waals surface area contributed by atoms with Crippen LogP contribution in [0.4, 0.5) is 16.2 Å². The van der Waals surface area contributed by atoms with Crippen molar-refractivity contribution in [2.24, 2.45) is 0 Å². The van der Waals surface area contributed by atoms with Gasteiger partial charge in [0.15, 0.2) is 0 Å². The molecule has 2 saturated heterocycles. The summed E-state index contributed by atoms with van der Waals surface area (Å²) in [5.74, 6) is 1.83. The molecule has 0 spiro atoms. The maximum atomic E-state index is 14.4. The van der Waals surface area contributed by atoms with Crippen molar-refractivity contribution in [3.63, 3.8) is 0 Å². The van der Waals surface area contributed by atoms with E-state index in [-0.39, 0.29) is 5.82 Å². The first-order valence-corrected chi connectivity index (χ1v) is 11.6. The molecule has 166 valence electrons. The van der Waals surface area contributed by atoms with Gasteiger partial charge in [-0.25, -0.2) is 9.37 Å². The Bertz CT molecular complexity index is 924. The quantitative estimate of drug-likeness (QED) is 0.749. The lowest BCUT2D eigenvalue weighted by atomic mass is 10.0. The van der Waals surface area contributed by atoms with E-state index in [1.54, 1.807) is 6.07 Å². The van der Waals surface area contributed by atoms with Gasteiger partial charge in [-0.15, -0.1) is 0 Å². The van der Waals surface area contributed by atoms with Crippen LogP contribution in [0.3, 0.4) is 0 Å². The fourth-order valence-corrected chi connectivity index (χ4v) is 4.91. The lowest BCUT2D eigenvalue weighted by molar-refractivity contribution is 0.122. The summed E-state index contributed by atoms with van der Waals surface area (Å²) in [7, 11) is 0. The number of halogens is 1. The molecule has 1 aromatic heterocycles. The minimum Gasteiger partial charge on any atom is -0.378 e. The van der Waals surface area contributed by atoms with Crippen molar-refractivity contribution in [3.05, 3.63) is 46.4 Å². The van der Waals surface area contributed by atoms with E-state index in [9.17, 15) is 4.39 Å². The van der Waals surface area contributed by atoms with Crippen molar-refractivity contribution in [1.82, 2.24) is 14.9 Å². The molecule has 6 nitrogen and oxygen atoms in total. The van der Waals surface area contributed by atoms with Gasteiger partial charge < -0.3 is 14.5 Å². The number of benzene rings is 1. The third-order valence-corrected chi connectivity index (χ3v) is 6.65. The minimum atomic E-state index is -0.119. The second-order valence-electron chi connectivity index (χ2n) is 8.98. The van der Waals surface area contributed by atoms with Gasteiger partial charge in [0.2, 0.25) is 5.95 Å². The zero-order chi connectivity index (χ0) is 21.2. The number of rotatable bonds is 4. The molecule has 0 aliphatic carbocycles. The Balaban J connectivity index is 1.44. The van der Waals surface area contributed by atoms with Crippen molar-refractivity contribution in [2.75, 3.05) is 55.7 Å². The lowest BCUT2D eigenvalue weighted by Gasteiger charge is -2.36. The zero-order valence-corrected chi connectivity index (χ0v) is 18.4. The number of morpholine rings is 1. The standard InChI is InChI=1S/C24H32FN5O/c1-18-5-6-21(25)19(15-18)16-28-10-7-22-20(17-28)23(29-8-3-2-4-9-29)27-24(26-22)30-11-13-31-14-12-30/h5-6,15H,2-4,7-14,16-17H2,1H3. The lowest BCUT2D eigenvalue weighted by Crippen LogP contribution is -2.40. The first-order chi connectivity index (χ1) is 15.2. The number of fused-ring (bicyclic) bond motifs is 1. The van der Waals surface area contributed by atoms with Crippen molar-refractivity contribution < 1.29 is 9.13 Å². The molecule has 3 aliphatic heterocycles. The number of hydrogen-bond acceptors (Lipinski definition) is 6. The number of piperidine rings is 1. The maximum absolute atomic E-state index is 14.4. The average Bonchev–Trinajstić information content (AvgIpc) is 2.82. The maximum Gasteiger partial charge on any atom is 0.227 e. The van der Waals surface area contributed by atoms with Gasteiger partial charge in [-0.05, 0) is 32.3 Å². The number of aromatic nitrogens is 2. The fourth-order valence-electron chi connectivity index (χ4n) is 4.91. The Morgan fingerprint density at radius 1 is 0.968 bits per heavy atom. The van der Waals surface area contributed by atoms with Crippen LogP contribution in [0, 0.1) is 12.7 Å². The second kappa shape index (κ2) is 9.09. The normalized spacial score (nSPS) is 20.1.